The van der Waals surface area contributed by atoms with Crippen molar-refractivity contribution in [2.75, 3.05) is 13.2 Å². The molecule has 0 heterocycles. The van der Waals surface area contributed by atoms with Crippen molar-refractivity contribution in [3.05, 3.63) is 97.2 Å². The van der Waals surface area contributed by atoms with Crippen LogP contribution in [0.2, 0.25) is 39.3 Å². The van der Waals surface area contributed by atoms with Crippen LogP contribution in [0.4, 0.5) is 0 Å². The Kier molecular flexibility index (Phi) is 26.4. The molecule has 0 aliphatic rings. The van der Waals surface area contributed by atoms with Crippen LogP contribution in [0, 0.1) is 0 Å². The Morgan fingerprint density at radius 3 is 1.38 bits per heavy atom. The zero-order valence-corrected chi connectivity index (χ0v) is 22.2. The van der Waals surface area contributed by atoms with Gasteiger partial charge in [-0.3, -0.25) is 0 Å². The van der Waals surface area contributed by atoms with Gasteiger partial charge in [0.1, 0.15) is 0 Å². The molecule has 0 spiro atoms. The Bertz CT molecular complexity index is 630. The highest BCUT2D eigenvalue weighted by Crippen LogP contribution is 2.05. The molecule has 184 valence electrons. The van der Waals surface area contributed by atoms with Crippen molar-refractivity contribution >= 4 is 16.4 Å². The molecule has 0 amide bonds. The van der Waals surface area contributed by atoms with Gasteiger partial charge in [-0.2, -0.15) is 0 Å². The van der Waals surface area contributed by atoms with Crippen molar-refractivity contribution in [3.63, 3.8) is 0 Å². The number of rotatable bonds is 7. The first kappa shape index (κ1) is 37.6. The molecule has 2 rings (SSSR count). The van der Waals surface area contributed by atoms with Gasteiger partial charge in [0.25, 0.3) is 0 Å². The SMILES string of the molecule is C.C.C=C.C=C[Si](C)(C)C.C[Si](C)(C)OCCc1ccccc1.OCCc1ccccc1. The van der Waals surface area contributed by atoms with Gasteiger partial charge in [-0.15, -0.1) is 25.4 Å². The molecule has 0 bridgehead atoms. The molecule has 0 aliphatic carbocycles. The molecule has 0 aliphatic heterocycles. The van der Waals surface area contributed by atoms with Gasteiger partial charge in [0, 0.05) is 13.2 Å². The van der Waals surface area contributed by atoms with Gasteiger partial charge in [0.05, 0.1) is 8.07 Å². The summed E-state index contributed by atoms with van der Waals surface area (Å²) in [7, 11) is -2.18. The molecule has 0 aromatic heterocycles. The minimum absolute atomic E-state index is 0. The molecule has 0 atom stereocenters. The molecule has 1 N–H and O–H groups in total. The van der Waals surface area contributed by atoms with Crippen molar-refractivity contribution in [1.82, 2.24) is 0 Å². The van der Waals surface area contributed by atoms with Gasteiger partial charge < -0.3 is 9.53 Å². The van der Waals surface area contributed by atoms with Crippen LogP contribution in [-0.4, -0.2) is 34.7 Å². The monoisotopic (exact) mass is 476 g/mol. The molecule has 0 fully saturated rings. The zero-order chi connectivity index (χ0) is 23.5. The summed E-state index contributed by atoms with van der Waals surface area (Å²) in [6.07, 6.45) is 1.80. The van der Waals surface area contributed by atoms with Crippen LogP contribution in [0.1, 0.15) is 26.0 Å². The predicted molar refractivity (Wildman–Crippen MR) is 155 cm³/mol. The fourth-order valence-electron chi connectivity index (χ4n) is 1.89. The summed E-state index contributed by atoms with van der Waals surface area (Å²) >= 11 is 0. The summed E-state index contributed by atoms with van der Waals surface area (Å²) in [5, 5.41) is 8.52. The molecule has 0 saturated heterocycles. The summed E-state index contributed by atoms with van der Waals surface area (Å²) in [5.74, 6) is 0. The fourth-order valence-corrected chi connectivity index (χ4v) is 2.61. The number of aliphatic hydroxyl groups is 1. The van der Waals surface area contributed by atoms with Crippen LogP contribution in [0.5, 0.6) is 0 Å². The molecular weight excluding hydrogens is 424 g/mol. The molecule has 2 aromatic carbocycles. The van der Waals surface area contributed by atoms with E-state index in [0.29, 0.717) is 0 Å². The molecule has 4 heteroatoms. The van der Waals surface area contributed by atoms with E-state index in [2.05, 4.69) is 89.0 Å². The quantitative estimate of drug-likeness (QED) is 0.321. The van der Waals surface area contributed by atoms with E-state index in [9.17, 15) is 0 Å². The average molecular weight is 477 g/mol. The van der Waals surface area contributed by atoms with Crippen LogP contribution in [0.25, 0.3) is 0 Å². The Hall–Kier alpha value is -1.73. The van der Waals surface area contributed by atoms with E-state index < -0.39 is 16.4 Å². The summed E-state index contributed by atoms with van der Waals surface area (Å²) in [5.41, 5.74) is 4.63. The lowest BCUT2D eigenvalue weighted by molar-refractivity contribution is 0.299. The molecular formula is C28H52O2Si2. The Labute approximate surface area is 203 Å². The maximum absolute atomic E-state index is 8.52. The van der Waals surface area contributed by atoms with Crippen LogP contribution in [0.3, 0.4) is 0 Å². The second kappa shape index (κ2) is 22.5. The lowest BCUT2D eigenvalue weighted by Gasteiger charge is -2.16. The minimum atomic E-state index is -1.31. The number of benzene rings is 2. The first-order chi connectivity index (χ1) is 14.1. The highest BCUT2D eigenvalue weighted by molar-refractivity contribution is 6.80. The van der Waals surface area contributed by atoms with Gasteiger partial charge in [-0.05, 0) is 43.6 Å². The highest BCUT2D eigenvalue weighted by atomic mass is 28.4. The van der Waals surface area contributed by atoms with Crippen molar-refractivity contribution in [2.45, 2.75) is 67.0 Å². The molecule has 0 saturated carbocycles. The largest absolute Gasteiger partial charge is 0.417 e. The Balaban J connectivity index is -0.000000182. The molecule has 0 radical (unpaired) electrons. The van der Waals surface area contributed by atoms with E-state index in [1.54, 1.807) is 0 Å². The third-order valence-corrected chi connectivity index (χ3v) is 5.92. The number of hydrogen-bond donors (Lipinski definition) is 1. The van der Waals surface area contributed by atoms with Crippen LogP contribution in [-0.2, 0) is 17.3 Å². The fraction of sp³-hybridized carbons (Fsp3) is 0.429. The van der Waals surface area contributed by atoms with Gasteiger partial charge >= 0.3 is 0 Å². The van der Waals surface area contributed by atoms with Crippen molar-refractivity contribution in [2.24, 2.45) is 0 Å². The Morgan fingerprint density at radius 2 is 1.09 bits per heavy atom. The predicted octanol–water partition coefficient (Wildman–Crippen LogP) is 8.43. The molecule has 2 nitrogen and oxygen atoms in total. The summed E-state index contributed by atoms with van der Waals surface area (Å²) in [4.78, 5) is 0. The smallest absolute Gasteiger partial charge is 0.183 e. The van der Waals surface area contributed by atoms with E-state index in [1.165, 1.54) is 11.1 Å². The van der Waals surface area contributed by atoms with Gasteiger partial charge in [0.15, 0.2) is 8.32 Å². The van der Waals surface area contributed by atoms with Gasteiger partial charge in [-0.25, -0.2) is 0 Å². The van der Waals surface area contributed by atoms with Crippen LogP contribution >= 0.6 is 0 Å². The van der Waals surface area contributed by atoms with Crippen molar-refractivity contribution in [3.8, 4) is 0 Å². The summed E-state index contributed by atoms with van der Waals surface area (Å²) in [6.45, 7) is 24.2. The van der Waals surface area contributed by atoms with Crippen LogP contribution in [0.15, 0.2) is 86.1 Å². The third-order valence-electron chi connectivity index (χ3n) is 3.62. The maximum atomic E-state index is 8.52. The highest BCUT2D eigenvalue weighted by Gasteiger charge is 2.13. The summed E-state index contributed by atoms with van der Waals surface area (Å²) in [6, 6.07) is 20.4. The second-order valence-electron chi connectivity index (χ2n) is 8.73. The first-order valence-corrected chi connectivity index (χ1v) is 17.5. The van der Waals surface area contributed by atoms with Crippen LogP contribution < -0.4 is 0 Å². The van der Waals surface area contributed by atoms with Gasteiger partial charge in [0.2, 0.25) is 0 Å². The average Bonchev–Trinajstić information content (AvgIpc) is 2.71. The normalized spacial score (nSPS) is 9.59. The molecule has 0 unspecified atom stereocenters. The second-order valence-corrected chi connectivity index (χ2v) is 18.4. The number of hydrogen-bond acceptors (Lipinski definition) is 2. The van der Waals surface area contributed by atoms with E-state index in [1.807, 2.05) is 36.4 Å². The van der Waals surface area contributed by atoms with E-state index in [-0.39, 0.29) is 21.5 Å². The standard InChI is InChI=1S/C11H18OSi.C8H10O.C5H12Si.C2H4.2CH4/c1-13(2,3)12-10-9-11-7-5-4-6-8-11;9-7-6-8-4-2-1-3-5-8;1-5-6(2,3)4;1-2;;/h4-8H,9-10H2,1-3H3;1-5,9H,6-7H2;5H,1H2,2-4H3;1-2H2;2*1H4. The topological polar surface area (TPSA) is 29.5 Å². The van der Waals surface area contributed by atoms with Crippen molar-refractivity contribution < 1.29 is 9.53 Å². The van der Waals surface area contributed by atoms with Gasteiger partial charge in [-0.1, -0.05) is 95.2 Å². The first-order valence-electron chi connectivity index (χ1n) is 10.5. The molecule has 32 heavy (non-hydrogen) atoms. The van der Waals surface area contributed by atoms with Crippen molar-refractivity contribution in [1.29, 1.82) is 0 Å². The zero-order valence-electron chi connectivity index (χ0n) is 20.2. The van der Waals surface area contributed by atoms with E-state index in [4.69, 9.17) is 9.53 Å². The minimum Gasteiger partial charge on any atom is -0.417 e. The lowest BCUT2D eigenvalue weighted by Crippen LogP contribution is -2.26. The molecule has 2 aromatic rings. The third kappa shape index (κ3) is 28.3. The Morgan fingerprint density at radius 1 is 0.750 bits per heavy atom. The number of aliphatic hydroxyl groups excluding tert-OH is 1. The lowest BCUT2D eigenvalue weighted by atomic mass is 10.2. The summed E-state index contributed by atoms with van der Waals surface area (Å²) < 4.78 is 5.77. The maximum Gasteiger partial charge on any atom is 0.183 e. The van der Waals surface area contributed by atoms with E-state index in [0.717, 1.165) is 19.4 Å². The van der Waals surface area contributed by atoms with E-state index >= 15 is 0 Å².